The maximum absolute atomic E-state index is 11.7. The molecule has 0 unspecified atom stereocenters. The van der Waals surface area contributed by atoms with Crippen molar-refractivity contribution in [2.75, 3.05) is 0 Å². The predicted octanol–water partition coefficient (Wildman–Crippen LogP) is 1.58. The zero-order chi connectivity index (χ0) is 11.1. The molecule has 15 heavy (non-hydrogen) atoms. The molecule has 1 aromatic rings. The van der Waals surface area contributed by atoms with E-state index in [0.717, 1.165) is 11.8 Å². The number of carbonyl (C=O) groups is 1. The van der Waals surface area contributed by atoms with Crippen molar-refractivity contribution in [3.8, 4) is 0 Å². The summed E-state index contributed by atoms with van der Waals surface area (Å²) in [6.07, 6.45) is 2.76. The molecule has 1 aliphatic heterocycles. The van der Waals surface area contributed by atoms with Gasteiger partial charge in [0.05, 0.1) is 4.90 Å². The lowest BCUT2D eigenvalue weighted by atomic mass is 10.1. The van der Waals surface area contributed by atoms with Crippen LogP contribution in [0.5, 0.6) is 0 Å². The average molecular weight is 222 g/mol. The van der Waals surface area contributed by atoms with Gasteiger partial charge in [0.15, 0.2) is 0 Å². The van der Waals surface area contributed by atoms with Crippen LogP contribution in [0.1, 0.15) is 18.1 Å². The van der Waals surface area contributed by atoms with Crippen LogP contribution < -0.4 is 0 Å². The molecule has 0 fully saturated rings. The highest BCUT2D eigenvalue weighted by atomic mass is 32.2. The molecule has 1 heterocycles. The first-order chi connectivity index (χ1) is 7.05. The molecular formula is C11H10O3S. The average Bonchev–Trinajstić information content (AvgIpc) is 2.38. The summed E-state index contributed by atoms with van der Waals surface area (Å²) in [5, 5.41) is 0. The zero-order valence-corrected chi connectivity index (χ0v) is 9.04. The molecule has 2 rings (SSSR count). The van der Waals surface area contributed by atoms with Gasteiger partial charge in [-0.3, -0.25) is 0 Å². The number of rotatable bonds is 2. The van der Waals surface area contributed by atoms with E-state index >= 15 is 0 Å². The van der Waals surface area contributed by atoms with E-state index < -0.39 is 9.84 Å². The maximum atomic E-state index is 11.7. The van der Waals surface area contributed by atoms with Crippen molar-refractivity contribution in [2.24, 2.45) is 0 Å². The molecule has 0 saturated carbocycles. The van der Waals surface area contributed by atoms with Crippen LogP contribution in [0.15, 0.2) is 28.0 Å². The maximum Gasteiger partial charge on any atom is 0.203 e. The third-order valence-corrected chi connectivity index (χ3v) is 4.38. The lowest BCUT2D eigenvalue weighted by Gasteiger charge is -2.01. The number of allylic oxidation sites excluding steroid dienone is 1. The van der Waals surface area contributed by atoms with Crippen molar-refractivity contribution >= 4 is 22.2 Å². The third kappa shape index (κ3) is 1.51. The minimum Gasteiger partial charge on any atom is -0.303 e. The fraction of sp³-hybridized carbons (Fsp3) is 0.182. The van der Waals surface area contributed by atoms with Gasteiger partial charge in [-0.1, -0.05) is 6.07 Å². The van der Waals surface area contributed by atoms with Gasteiger partial charge in [0.25, 0.3) is 0 Å². The first-order valence-corrected chi connectivity index (χ1v) is 6.04. The summed E-state index contributed by atoms with van der Waals surface area (Å²) in [4.78, 5) is 11.0. The first kappa shape index (κ1) is 10.1. The molecule has 1 aliphatic rings. The molecule has 0 aliphatic carbocycles. The second-order valence-corrected chi connectivity index (χ2v) is 5.59. The second kappa shape index (κ2) is 3.31. The van der Waals surface area contributed by atoms with Gasteiger partial charge >= 0.3 is 0 Å². The Morgan fingerprint density at radius 3 is 2.73 bits per heavy atom. The Morgan fingerprint density at radius 1 is 1.33 bits per heavy atom. The van der Waals surface area contributed by atoms with Crippen LogP contribution >= 0.6 is 0 Å². The van der Waals surface area contributed by atoms with Crippen molar-refractivity contribution in [3.63, 3.8) is 0 Å². The van der Waals surface area contributed by atoms with Crippen LogP contribution in [0.4, 0.5) is 0 Å². The molecule has 0 amide bonds. The molecule has 0 atom stereocenters. The summed E-state index contributed by atoms with van der Waals surface area (Å²) in [5.74, 6) is 0. The highest BCUT2D eigenvalue weighted by Gasteiger charge is 2.26. The van der Waals surface area contributed by atoms with Gasteiger partial charge < -0.3 is 4.79 Å². The summed E-state index contributed by atoms with van der Waals surface area (Å²) in [6, 6.07) is 4.99. The zero-order valence-electron chi connectivity index (χ0n) is 8.23. The van der Waals surface area contributed by atoms with E-state index in [2.05, 4.69) is 0 Å². The topological polar surface area (TPSA) is 51.2 Å². The molecule has 0 spiro atoms. The van der Waals surface area contributed by atoms with Gasteiger partial charge in [-0.2, -0.15) is 0 Å². The molecule has 4 heteroatoms. The molecule has 0 bridgehead atoms. The monoisotopic (exact) mass is 222 g/mol. The Kier molecular flexibility index (Phi) is 2.23. The summed E-state index contributed by atoms with van der Waals surface area (Å²) in [7, 11) is -3.24. The van der Waals surface area contributed by atoms with Crippen molar-refractivity contribution in [1.29, 1.82) is 0 Å². The van der Waals surface area contributed by atoms with Gasteiger partial charge in [0.2, 0.25) is 9.84 Å². The Balaban J connectivity index is 2.59. The van der Waals surface area contributed by atoms with E-state index in [1.165, 1.54) is 0 Å². The summed E-state index contributed by atoms with van der Waals surface area (Å²) >= 11 is 0. The number of carbonyl (C=O) groups excluding carboxylic acids is 1. The van der Waals surface area contributed by atoms with E-state index in [-0.39, 0.29) is 0 Å². The number of fused-ring (bicyclic) bond motifs is 1. The molecule has 0 radical (unpaired) electrons. The van der Waals surface area contributed by atoms with Gasteiger partial charge in [-0.15, -0.1) is 0 Å². The number of hydrogen-bond donors (Lipinski definition) is 0. The minimum atomic E-state index is -3.24. The second-order valence-electron chi connectivity index (χ2n) is 3.50. The normalized spacial score (nSPS) is 17.0. The fourth-order valence-electron chi connectivity index (χ4n) is 1.65. The van der Waals surface area contributed by atoms with E-state index in [9.17, 15) is 13.2 Å². The van der Waals surface area contributed by atoms with E-state index in [1.54, 1.807) is 31.2 Å². The quantitative estimate of drug-likeness (QED) is 0.714. The van der Waals surface area contributed by atoms with Crippen molar-refractivity contribution in [1.82, 2.24) is 0 Å². The predicted molar refractivity (Wildman–Crippen MR) is 57.0 cm³/mol. The largest absolute Gasteiger partial charge is 0.303 e. The Labute approximate surface area is 88.3 Å². The minimum absolute atomic E-state index is 0.320. The molecule has 1 aromatic carbocycles. The van der Waals surface area contributed by atoms with Crippen molar-refractivity contribution in [3.05, 3.63) is 34.2 Å². The van der Waals surface area contributed by atoms with E-state index in [0.29, 0.717) is 21.8 Å². The van der Waals surface area contributed by atoms with Crippen LogP contribution in [-0.2, 0) is 21.1 Å². The number of benzene rings is 1. The van der Waals surface area contributed by atoms with Crippen LogP contribution in [0.3, 0.4) is 0 Å². The van der Waals surface area contributed by atoms with Gasteiger partial charge in [-0.05, 0) is 36.3 Å². The van der Waals surface area contributed by atoms with E-state index in [4.69, 9.17) is 0 Å². The number of sulfone groups is 1. The van der Waals surface area contributed by atoms with Gasteiger partial charge in [-0.25, -0.2) is 8.42 Å². The molecule has 78 valence electrons. The number of hydrogen-bond acceptors (Lipinski definition) is 3. The molecular weight excluding hydrogens is 212 g/mol. The number of aldehydes is 1. The summed E-state index contributed by atoms with van der Waals surface area (Å²) in [6.45, 7) is 1.58. The summed E-state index contributed by atoms with van der Waals surface area (Å²) in [5.41, 5.74) is 1.52. The van der Waals surface area contributed by atoms with Crippen LogP contribution in [0, 0.1) is 0 Å². The first-order valence-electron chi connectivity index (χ1n) is 4.55. The van der Waals surface area contributed by atoms with Crippen LogP contribution in [-0.4, -0.2) is 14.7 Å². The Morgan fingerprint density at radius 2 is 2.07 bits per heavy atom. The highest BCUT2D eigenvalue weighted by molar-refractivity contribution is 7.95. The van der Waals surface area contributed by atoms with Gasteiger partial charge in [0.1, 0.15) is 6.29 Å². The molecule has 3 nitrogen and oxygen atoms in total. The fourth-order valence-corrected chi connectivity index (χ4v) is 2.95. The van der Waals surface area contributed by atoms with Crippen LogP contribution in [0.25, 0.3) is 6.08 Å². The van der Waals surface area contributed by atoms with Gasteiger partial charge in [0, 0.05) is 11.3 Å². The smallest absolute Gasteiger partial charge is 0.203 e. The van der Waals surface area contributed by atoms with E-state index in [1.807, 2.05) is 0 Å². The molecule has 0 saturated heterocycles. The molecule has 0 aromatic heterocycles. The SMILES string of the molecule is CC1=Cc2cc(CC=O)ccc2S1(=O)=O. The third-order valence-electron chi connectivity index (χ3n) is 2.47. The Hall–Kier alpha value is -1.42. The van der Waals surface area contributed by atoms with Crippen molar-refractivity contribution in [2.45, 2.75) is 18.2 Å². The lowest BCUT2D eigenvalue weighted by molar-refractivity contribution is -0.107. The lowest BCUT2D eigenvalue weighted by Crippen LogP contribution is -1.98. The summed E-state index contributed by atoms with van der Waals surface area (Å²) < 4.78 is 23.4. The highest BCUT2D eigenvalue weighted by Crippen LogP contribution is 2.32. The Bertz CT molecular complexity index is 553. The van der Waals surface area contributed by atoms with Crippen molar-refractivity contribution < 1.29 is 13.2 Å². The standard InChI is InChI=1S/C11H10O3S/c1-8-6-10-7-9(4-5-12)2-3-11(10)15(8,13)14/h2-3,5-7H,4H2,1H3. The van der Waals surface area contributed by atoms with Crippen LogP contribution in [0.2, 0.25) is 0 Å². The molecule has 0 N–H and O–H groups in total.